The number of hydrogen-bond acceptors (Lipinski definition) is 3. The van der Waals surface area contributed by atoms with E-state index in [-0.39, 0.29) is 5.71 Å². The molecule has 5 nitrogen and oxygen atoms in total. The maximum Gasteiger partial charge on any atom is 0.358 e. The van der Waals surface area contributed by atoms with Crippen LogP contribution in [-0.2, 0) is 11.2 Å². The Balaban J connectivity index is 2.69. The molecule has 3 N–H and O–H groups in total. The summed E-state index contributed by atoms with van der Waals surface area (Å²) >= 11 is 0. The maximum atomic E-state index is 10.9. The Morgan fingerprint density at radius 1 is 1.47 bits per heavy atom. The summed E-state index contributed by atoms with van der Waals surface area (Å²) in [6, 6.07) is 5.63. The summed E-state index contributed by atoms with van der Waals surface area (Å²) in [4.78, 5) is 13.9. The first-order valence-corrected chi connectivity index (χ1v) is 5.23. The number of rotatable bonds is 3. The number of H-pyrrole nitrogens is 1. The summed E-state index contributed by atoms with van der Waals surface area (Å²) in [5.74, 6) is -1.25. The van der Waals surface area contributed by atoms with Gasteiger partial charge in [-0.3, -0.25) is 0 Å². The average molecular weight is 232 g/mol. The van der Waals surface area contributed by atoms with E-state index in [0.717, 1.165) is 22.9 Å². The van der Waals surface area contributed by atoms with Crippen molar-refractivity contribution in [1.29, 1.82) is 0 Å². The van der Waals surface area contributed by atoms with E-state index in [0.29, 0.717) is 5.56 Å². The number of para-hydroxylation sites is 1. The highest BCUT2D eigenvalue weighted by Gasteiger charge is 2.18. The molecule has 0 fully saturated rings. The van der Waals surface area contributed by atoms with Crippen LogP contribution in [0.25, 0.3) is 10.9 Å². The Hall–Kier alpha value is -2.30. The van der Waals surface area contributed by atoms with E-state index in [2.05, 4.69) is 10.1 Å². The van der Waals surface area contributed by atoms with Crippen molar-refractivity contribution in [2.24, 2.45) is 5.16 Å². The second-order valence-corrected chi connectivity index (χ2v) is 3.65. The van der Waals surface area contributed by atoms with Gasteiger partial charge in [0.05, 0.1) is 0 Å². The van der Waals surface area contributed by atoms with Crippen LogP contribution in [0.5, 0.6) is 0 Å². The molecular weight excluding hydrogens is 220 g/mol. The first-order chi connectivity index (χ1) is 8.19. The predicted octanol–water partition coefficient (Wildman–Crippen LogP) is 1.99. The van der Waals surface area contributed by atoms with Gasteiger partial charge in [0.15, 0.2) is 5.71 Å². The summed E-state index contributed by atoms with van der Waals surface area (Å²) in [5, 5.41) is 21.3. The molecule has 0 amide bonds. The molecule has 2 aromatic rings. The molecule has 0 spiro atoms. The third kappa shape index (κ3) is 1.75. The van der Waals surface area contributed by atoms with Crippen LogP contribution in [-0.4, -0.2) is 27.0 Å². The van der Waals surface area contributed by atoms with Gasteiger partial charge in [-0.05, 0) is 12.0 Å². The van der Waals surface area contributed by atoms with Crippen molar-refractivity contribution in [2.75, 3.05) is 0 Å². The van der Waals surface area contributed by atoms with Crippen LogP contribution in [0.15, 0.2) is 29.6 Å². The minimum absolute atomic E-state index is 0.357. The van der Waals surface area contributed by atoms with Gasteiger partial charge in [0, 0.05) is 22.7 Å². The number of nitrogens with one attached hydrogen (secondary N) is 1. The third-order valence-corrected chi connectivity index (χ3v) is 2.74. The predicted molar refractivity (Wildman–Crippen MR) is 63.6 cm³/mol. The second kappa shape index (κ2) is 4.29. The van der Waals surface area contributed by atoms with Crippen molar-refractivity contribution in [3.8, 4) is 0 Å². The highest BCUT2D eigenvalue weighted by atomic mass is 16.4. The lowest BCUT2D eigenvalue weighted by Gasteiger charge is -2.00. The molecule has 0 saturated heterocycles. The number of nitrogens with zero attached hydrogens (tertiary/aromatic N) is 1. The Kier molecular flexibility index (Phi) is 2.82. The van der Waals surface area contributed by atoms with E-state index in [4.69, 9.17) is 10.3 Å². The Morgan fingerprint density at radius 2 is 2.24 bits per heavy atom. The second-order valence-electron chi connectivity index (χ2n) is 3.65. The van der Waals surface area contributed by atoms with E-state index >= 15 is 0 Å². The maximum absolute atomic E-state index is 10.9. The number of fused-ring (bicyclic) bond motifs is 1. The fourth-order valence-electron chi connectivity index (χ4n) is 1.92. The van der Waals surface area contributed by atoms with Crippen molar-refractivity contribution in [2.45, 2.75) is 13.3 Å². The van der Waals surface area contributed by atoms with E-state index in [1.54, 1.807) is 12.3 Å². The van der Waals surface area contributed by atoms with E-state index in [1.165, 1.54) is 0 Å². The largest absolute Gasteiger partial charge is 0.476 e. The molecule has 0 aliphatic heterocycles. The number of carboxylic acids is 1. The third-order valence-electron chi connectivity index (χ3n) is 2.74. The lowest BCUT2D eigenvalue weighted by molar-refractivity contribution is -0.129. The summed E-state index contributed by atoms with van der Waals surface area (Å²) in [7, 11) is 0. The molecule has 1 aromatic heterocycles. The molecule has 88 valence electrons. The lowest BCUT2D eigenvalue weighted by atomic mass is 10.0. The minimum Gasteiger partial charge on any atom is -0.476 e. The van der Waals surface area contributed by atoms with Crippen LogP contribution in [0, 0.1) is 0 Å². The SMILES string of the molecule is CCc1cccc2c(/C(=N/O)C(=O)O)c[nH]c12. The number of carbonyl (C=O) groups is 1. The van der Waals surface area contributed by atoms with Crippen LogP contribution in [0.1, 0.15) is 18.1 Å². The fraction of sp³-hybridized carbons (Fsp3) is 0.167. The number of hydrogen-bond donors (Lipinski definition) is 3. The number of aromatic amines is 1. The number of carboxylic acid groups (broad SMARTS) is 1. The number of benzene rings is 1. The molecular formula is C12H12N2O3. The molecule has 0 atom stereocenters. The van der Waals surface area contributed by atoms with Crippen molar-refractivity contribution in [1.82, 2.24) is 4.98 Å². The number of oxime groups is 1. The molecule has 0 unspecified atom stereocenters. The summed E-state index contributed by atoms with van der Waals surface area (Å²) < 4.78 is 0. The monoisotopic (exact) mass is 232 g/mol. The average Bonchev–Trinajstić information content (AvgIpc) is 2.73. The van der Waals surface area contributed by atoms with Crippen LogP contribution in [0.2, 0.25) is 0 Å². The zero-order valence-corrected chi connectivity index (χ0v) is 9.27. The molecule has 2 rings (SSSR count). The molecule has 0 aliphatic carbocycles. The van der Waals surface area contributed by atoms with Gasteiger partial charge >= 0.3 is 5.97 Å². The van der Waals surface area contributed by atoms with Crippen LogP contribution < -0.4 is 0 Å². The van der Waals surface area contributed by atoms with Crippen LogP contribution >= 0.6 is 0 Å². The smallest absolute Gasteiger partial charge is 0.358 e. The molecule has 0 aliphatic rings. The van der Waals surface area contributed by atoms with Gasteiger partial charge in [0.25, 0.3) is 0 Å². The van der Waals surface area contributed by atoms with Crippen molar-refractivity contribution >= 4 is 22.6 Å². The van der Waals surface area contributed by atoms with Gasteiger partial charge in [0.1, 0.15) is 0 Å². The topological polar surface area (TPSA) is 85.7 Å². The summed E-state index contributed by atoms with van der Waals surface area (Å²) in [6.07, 6.45) is 2.39. The van der Waals surface area contributed by atoms with E-state index < -0.39 is 5.97 Å². The number of aliphatic carboxylic acids is 1. The molecule has 17 heavy (non-hydrogen) atoms. The molecule has 0 bridgehead atoms. The van der Waals surface area contributed by atoms with E-state index in [9.17, 15) is 4.79 Å². The lowest BCUT2D eigenvalue weighted by Crippen LogP contribution is -2.13. The fourth-order valence-corrected chi connectivity index (χ4v) is 1.92. The Morgan fingerprint density at radius 3 is 2.82 bits per heavy atom. The van der Waals surface area contributed by atoms with E-state index in [1.807, 2.05) is 19.1 Å². The summed E-state index contributed by atoms with van der Waals surface area (Å²) in [6.45, 7) is 2.02. The first-order valence-electron chi connectivity index (χ1n) is 5.23. The molecule has 5 heteroatoms. The quantitative estimate of drug-likeness (QED) is 0.429. The van der Waals surface area contributed by atoms with Crippen LogP contribution in [0.3, 0.4) is 0 Å². The molecule has 0 radical (unpaired) electrons. The molecule has 1 aromatic carbocycles. The van der Waals surface area contributed by atoms with Gasteiger partial charge in [-0.1, -0.05) is 30.3 Å². The summed E-state index contributed by atoms with van der Waals surface area (Å²) in [5.41, 5.74) is 2.01. The normalized spacial score (nSPS) is 11.9. The zero-order valence-electron chi connectivity index (χ0n) is 9.27. The zero-order chi connectivity index (χ0) is 12.4. The highest BCUT2D eigenvalue weighted by molar-refractivity contribution is 6.44. The van der Waals surface area contributed by atoms with Crippen molar-refractivity contribution in [3.63, 3.8) is 0 Å². The van der Waals surface area contributed by atoms with Gasteiger partial charge in [-0.15, -0.1) is 0 Å². The number of aromatic nitrogens is 1. The van der Waals surface area contributed by atoms with Crippen LogP contribution in [0.4, 0.5) is 0 Å². The Labute approximate surface area is 97.4 Å². The first kappa shape index (κ1) is 11.2. The van der Waals surface area contributed by atoms with Gasteiger partial charge < -0.3 is 15.3 Å². The standard InChI is InChI=1S/C12H12N2O3/c1-2-7-4-3-5-8-9(6-13-10(7)8)11(14-17)12(15)16/h3-6,13,17H,2H2,1H3,(H,15,16)/b14-11-. The molecule has 1 heterocycles. The Bertz CT molecular complexity index is 599. The van der Waals surface area contributed by atoms with Gasteiger partial charge in [0.2, 0.25) is 0 Å². The highest BCUT2D eigenvalue weighted by Crippen LogP contribution is 2.22. The van der Waals surface area contributed by atoms with Gasteiger partial charge in [-0.25, -0.2) is 4.79 Å². The minimum atomic E-state index is -1.25. The molecule has 0 saturated carbocycles. The van der Waals surface area contributed by atoms with Crippen molar-refractivity contribution in [3.05, 3.63) is 35.5 Å². The van der Waals surface area contributed by atoms with Gasteiger partial charge in [-0.2, -0.15) is 0 Å². The van der Waals surface area contributed by atoms with Crippen molar-refractivity contribution < 1.29 is 15.1 Å². The number of aryl methyl sites for hydroxylation is 1.